The number of carbonyl (C=O) groups is 1. The van der Waals surface area contributed by atoms with Crippen molar-refractivity contribution in [2.24, 2.45) is 0 Å². The van der Waals surface area contributed by atoms with E-state index in [1.807, 2.05) is 45.0 Å². The van der Waals surface area contributed by atoms with Crippen LogP contribution in [0.1, 0.15) is 34.1 Å². The van der Waals surface area contributed by atoms with Crippen molar-refractivity contribution in [2.75, 3.05) is 11.9 Å². The molecule has 0 fully saturated rings. The Labute approximate surface area is 129 Å². The largest absolute Gasteiger partial charge is 0.325 e. The smallest absolute Gasteiger partial charge is 0.238 e. The van der Waals surface area contributed by atoms with Crippen LogP contribution in [0.25, 0.3) is 0 Å². The first-order valence-corrected chi connectivity index (χ1v) is 7.81. The quantitative estimate of drug-likeness (QED) is 0.890. The summed E-state index contributed by atoms with van der Waals surface area (Å²) >= 11 is 1.67. The number of benzene rings is 1. The average Bonchev–Trinajstić information content (AvgIpc) is 2.75. The van der Waals surface area contributed by atoms with Gasteiger partial charge in [-0.05, 0) is 45.4 Å². The summed E-state index contributed by atoms with van der Waals surface area (Å²) in [5.74, 6) is -0.0358. The molecule has 1 aromatic carbocycles. The molecule has 2 N–H and O–H groups in total. The molecule has 1 aromatic heterocycles. The van der Waals surface area contributed by atoms with E-state index in [2.05, 4.69) is 22.5 Å². The maximum Gasteiger partial charge on any atom is 0.238 e. The zero-order valence-electron chi connectivity index (χ0n) is 12.9. The first kappa shape index (κ1) is 15.7. The molecule has 2 rings (SSSR count). The van der Waals surface area contributed by atoms with Gasteiger partial charge in [-0.3, -0.25) is 4.79 Å². The summed E-state index contributed by atoms with van der Waals surface area (Å²) < 4.78 is 0. The lowest BCUT2D eigenvalue weighted by atomic mass is 10.2. The van der Waals surface area contributed by atoms with E-state index in [0.717, 1.165) is 22.0 Å². The SMILES string of the molecule is Cc1cccc(NC(=O)CNC(C)c2sc(C)nc2C)c1. The van der Waals surface area contributed by atoms with Crippen molar-refractivity contribution in [1.29, 1.82) is 0 Å². The molecule has 0 bridgehead atoms. The number of rotatable bonds is 5. The molecule has 0 aliphatic heterocycles. The Kier molecular flexibility index (Phi) is 5.09. The summed E-state index contributed by atoms with van der Waals surface area (Å²) in [6, 6.07) is 7.91. The van der Waals surface area contributed by atoms with Crippen molar-refractivity contribution in [3.05, 3.63) is 45.4 Å². The molecule has 0 radical (unpaired) electrons. The summed E-state index contributed by atoms with van der Waals surface area (Å²) in [6.45, 7) is 8.35. The van der Waals surface area contributed by atoms with E-state index in [9.17, 15) is 4.79 Å². The van der Waals surface area contributed by atoms with E-state index < -0.39 is 0 Å². The van der Waals surface area contributed by atoms with Gasteiger partial charge in [0.15, 0.2) is 0 Å². The molecule has 2 aromatic rings. The monoisotopic (exact) mass is 303 g/mol. The van der Waals surface area contributed by atoms with E-state index in [1.165, 1.54) is 4.88 Å². The fourth-order valence-electron chi connectivity index (χ4n) is 2.22. The van der Waals surface area contributed by atoms with Crippen LogP contribution in [0.2, 0.25) is 0 Å². The van der Waals surface area contributed by atoms with Gasteiger partial charge in [-0.2, -0.15) is 0 Å². The molecule has 1 heterocycles. The third-order valence-corrected chi connectivity index (χ3v) is 4.46. The number of nitrogens with one attached hydrogen (secondary N) is 2. The van der Waals surface area contributed by atoms with E-state index in [4.69, 9.17) is 0 Å². The van der Waals surface area contributed by atoms with Gasteiger partial charge < -0.3 is 10.6 Å². The van der Waals surface area contributed by atoms with Crippen LogP contribution in [0.4, 0.5) is 5.69 Å². The highest BCUT2D eigenvalue weighted by Crippen LogP contribution is 2.24. The van der Waals surface area contributed by atoms with Crippen LogP contribution in [0.5, 0.6) is 0 Å². The topological polar surface area (TPSA) is 54.0 Å². The van der Waals surface area contributed by atoms with Crippen LogP contribution in [0.15, 0.2) is 24.3 Å². The van der Waals surface area contributed by atoms with Crippen LogP contribution >= 0.6 is 11.3 Å². The van der Waals surface area contributed by atoms with Gasteiger partial charge >= 0.3 is 0 Å². The zero-order valence-corrected chi connectivity index (χ0v) is 13.7. The Balaban J connectivity index is 1.88. The van der Waals surface area contributed by atoms with Crippen molar-refractivity contribution in [3.63, 3.8) is 0 Å². The van der Waals surface area contributed by atoms with Crippen LogP contribution < -0.4 is 10.6 Å². The van der Waals surface area contributed by atoms with E-state index in [0.29, 0.717) is 0 Å². The first-order valence-electron chi connectivity index (χ1n) is 6.99. The van der Waals surface area contributed by atoms with Crippen molar-refractivity contribution in [1.82, 2.24) is 10.3 Å². The van der Waals surface area contributed by atoms with Gasteiger partial charge in [0, 0.05) is 16.6 Å². The first-order chi connectivity index (χ1) is 9.95. The average molecular weight is 303 g/mol. The lowest BCUT2D eigenvalue weighted by Gasteiger charge is -2.13. The van der Waals surface area contributed by atoms with E-state index in [1.54, 1.807) is 11.3 Å². The van der Waals surface area contributed by atoms with Crippen molar-refractivity contribution in [3.8, 4) is 0 Å². The summed E-state index contributed by atoms with van der Waals surface area (Å²) in [4.78, 5) is 17.6. The number of anilines is 1. The highest BCUT2D eigenvalue weighted by atomic mass is 32.1. The number of thiazole rings is 1. The lowest BCUT2D eigenvalue weighted by Crippen LogP contribution is -2.30. The summed E-state index contributed by atoms with van der Waals surface area (Å²) in [5.41, 5.74) is 3.00. The Bertz CT molecular complexity index is 636. The fourth-order valence-corrected chi connectivity index (χ4v) is 3.17. The standard InChI is InChI=1S/C16H21N3OS/c1-10-6-5-7-14(8-10)19-15(20)9-17-11(2)16-12(3)18-13(4)21-16/h5-8,11,17H,9H2,1-4H3,(H,19,20). The van der Waals surface area contributed by atoms with E-state index >= 15 is 0 Å². The predicted molar refractivity (Wildman–Crippen MR) is 87.8 cm³/mol. The Morgan fingerprint density at radius 1 is 1.33 bits per heavy atom. The number of amides is 1. The normalized spacial score (nSPS) is 12.2. The highest BCUT2D eigenvalue weighted by Gasteiger charge is 2.13. The molecular weight excluding hydrogens is 282 g/mol. The van der Waals surface area contributed by atoms with Gasteiger partial charge in [0.2, 0.25) is 5.91 Å². The lowest BCUT2D eigenvalue weighted by molar-refractivity contribution is -0.115. The maximum atomic E-state index is 12.0. The minimum atomic E-state index is -0.0358. The highest BCUT2D eigenvalue weighted by molar-refractivity contribution is 7.11. The van der Waals surface area contributed by atoms with Crippen molar-refractivity contribution < 1.29 is 4.79 Å². The second-order valence-corrected chi connectivity index (χ2v) is 6.44. The fraction of sp³-hybridized carbons (Fsp3) is 0.375. The van der Waals surface area contributed by atoms with Gasteiger partial charge in [0.25, 0.3) is 0 Å². The number of hydrogen-bond acceptors (Lipinski definition) is 4. The molecule has 5 heteroatoms. The predicted octanol–water partition coefficient (Wildman–Crippen LogP) is 3.36. The minimum absolute atomic E-state index is 0.0358. The Morgan fingerprint density at radius 2 is 2.10 bits per heavy atom. The molecule has 0 saturated heterocycles. The molecule has 112 valence electrons. The molecule has 1 unspecified atom stereocenters. The van der Waals surface area contributed by atoms with Crippen molar-refractivity contribution >= 4 is 22.9 Å². The minimum Gasteiger partial charge on any atom is -0.325 e. The third kappa shape index (κ3) is 4.37. The maximum absolute atomic E-state index is 12.0. The molecule has 1 atom stereocenters. The number of carbonyl (C=O) groups excluding carboxylic acids is 1. The van der Waals surface area contributed by atoms with Crippen LogP contribution in [0, 0.1) is 20.8 Å². The second kappa shape index (κ2) is 6.83. The molecule has 0 spiro atoms. The van der Waals surface area contributed by atoms with Crippen LogP contribution in [-0.4, -0.2) is 17.4 Å². The molecule has 0 aliphatic rings. The van der Waals surface area contributed by atoms with Gasteiger partial charge in [0.1, 0.15) is 0 Å². The van der Waals surface area contributed by atoms with Crippen LogP contribution in [-0.2, 0) is 4.79 Å². The molecule has 1 amide bonds. The van der Waals surface area contributed by atoms with Crippen molar-refractivity contribution in [2.45, 2.75) is 33.7 Å². The van der Waals surface area contributed by atoms with Gasteiger partial charge in [-0.1, -0.05) is 12.1 Å². The molecule has 0 aliphatic carbocycles. The van der Waals surface area contributed by atoms with Gasteiger partial charge in [-0.25, -0.2) is 4.98 Å². The Morgan fingerprint density at radius 3 is 2.71 bits per heavy atom. The van der Waals surface area contributed by atoms with Gasteiger partial charge in [0.05, 0.1) is 17.2 Å². The molecular formula is C16H21N3OS. The van der Waals surface area contributed by atoms with E-state index in [-0.39, 0.29) is 18.5 Å². The molecule has 21 heavy (non-hydrogen) atoms. The summed E-state index contributed by atoms with van der Waals surface area (Å²) in [5, 5.41) is 7.20. The number of hydrogen-bond donors (Lipinski definition) is 2. The zero-order chi connectivity index (χ0) is 15.4. The molecule has 0 saturated carbocycles. The summed E-state index contributed by atoms with van der Waals surface area (Å²) in [7, 11) is 0. The third-order valence-electron chi connectivity index (χ3n) is 3.20. The number of nitrogens with zero attached hydrogens (tertiary/aromatic N) is 1. The van der Waals surface area contributed by atoms with Crippen LogP contribution in [0.3, 0.4) is 0 Å². The van der Waals surface area contributed by atoms with Gasteiger partial charge in [-0.15, -0.1) is 11.3 Å². The number of aromatic nitrogens is 1. The molecule has 4 nitrogen and oxygen atoms in total. The second-order valence-electron chi connectivity index (χ2n) is 5.20. The number of aryl methyl sites for hydroxylation is 3. The Hall–Kier alpha value is -1.72. The summed E-state index contributed by atoms with van der Waals surface area (Å²) in [6.07, 6.45) is 0.